The standard InChI is InChI=1S/C12H11FN2O/c13-12-7-10(14)2-1-9(12)8-15-5-3-11(16)4-6-15/h1-7H,8,14H2. The zero-order valence-corrected chi connectivity index (χ0v) is 8.56. The largest absolute Gasteiger partial charge is 0.399 e. The summed E-state index contributed by atoms with van der Waals surface area (Å²) in [6.07, 6.45) is 3.25. The molecule has 2 aromatic rings. The summed E-state index contributed by atoms with van der Waals surface area (Å²) in [7, 11) is 0. The normalized spacial score (nSPS) is 10.3. The summed E-state index contributed by atoms with van der Waals surface area (Å²) in [5, 5.41) is 0. The first-order valence-corrected chi connectivity index (χ1v) is 4.85. The number of hydrogen-bond donors (Lipinski definition) is 1. The van der Waals surface area contributed by atoms with Crippen molar-refractivity contribution in [3.63, 3.8) is 0 Å². The number of nitrogen functional groups attached to an aromatic ring is 1. The van der Waals surface area contributed by atoms with Crippen LogP contribution < -0.4 is 11.2 Å². The van der Waals surface area contributed by atoms with E-state index in [1.54, 1.807) is 29.1 Å². The summed E-state index contributed by atoms with van der Waals surface area (Å²) < 4.78 is 15.2. The number of pyridine rings is 1. The third-order valence-corrected chi connectivity index (χ3v) is 2.29. The maximum Gasteiger partial charge on any atom is 0.181 e. The van der Waals surface area contributed by atoms with Gasteiger partial charge in [-0.15, -0.1) is 0 Å². The van der Waals surface area contributed by atoms with Gasteiger partial charge in [-0.1, -0.05) is 6.07 Å². The van der Waals surface area contributed by atoms with E-state index >= 15 is 0 Å². The molecule has 3 nitrogen and oxygen atoms in total. The number of anilines is 1. The van der Waals surface area contributed by atoms with Crippen LogP contribution in [0.4, 0.5) is 10.1 Å². The van der Waals surface area contributed by atoms with Crippen LogP contribution in [-0.2, 0) is 6.54 Å². The highest BCUT2D eigenvalue weighted by atomic mass is 19.1. The molecule has 0 unspecified atom stereocenters. The molecule has 0 saturated carbocycles. The second-order valence-electron chi connectivity index (χ2n) is 3.56. The first kappa shape index (κ1) is 10.4. The zero-order valence-electron chi connectivity index (χ0n) is 8.56. The summed E-state index contributed by atoms with van der Waals surface area (Å²) in [5.74, 6) is -0.335. The Bertz CT molecular complexity index is 543. The van der Waals surface area contributed by atoms with Crippen molar-refractivity contribution in [3.05, 3.63) is 64.3 Å². The second-order valence-corrected chi connectivity index (χ2v) is 3.56. The van der Waals surface area contributed by atoms with Crippen LogP contribution in [0.25, 0.3) is 0 Å². The molecule has 0 fully saturated rings. The SMILES string of the molecule is Nc1ccc(Cn2ccc(=O)cc2)c(F)c1. The maximum absolute atomic E-state index is 13.5. The molecular formula is C12H11FN2O. The van der Waals surface area contributed by atoms with Gasteiger partial charge in [-0.3, -0.25) is 4.79 Å². The second kappa shape index (κ2) is 4.18. The molecule has 16 heavy (non-hydrogen) atoms. The molecule has 0 saturated heterocycles. The molecule has 0 radical (unpaired) electrons. The lowest BCUT2D eigenvalue weighted by molar-refractivity contribution is 0.599. The van der Waals surface area contributed by atoms with Gasteiger partial charge in [0.15, 0.2) is 5.43 Å². The molecule has 1 aromatic carbocycles. The summed E-state index contributed by atoms with van der Waals surface area (Å²) in [4.78, 5) is 10.9. The van der Waals surface area contributed by atoms with Crippen molar-refractivity contribution in [1.29, 1.82) is 0 Å². The molecule has 1 heterocycles. The van der Waals surface area contributed by atoms with E-state index in [0.29, 0.717) is 17.8 Å². The highest BCUT2D eigenvalue weighted by Crippen LogP contribution is 2.12. The summed E-state index contributed by atoms with van der Waals surface area (Å²) in [6.45, 7) is 0.381. The van der Waals surface area contributed by atoms with Crippen LogP contribution in [0.1, 0.15) is 5.56 Å². The van der Waals surface area contributed by atoms with E-state index < -0.39 is 0 Å². The number of halogens is 1. The van der Waals surface area contributed by atoms with Gasteiger partial charge in [-0.25, -0.2) is 4.39 Å². The number of rotatable bonds is 2. The number of nitrogens with zero attached hydrogens (tertiary/aromatic N) is 1. The Hall–Kier alpha value is -2.10. The van der Waals surface area contributed by atoms with Gasteiger partial charge in [0.1, 0.15) is 5.82 Å². The first-order chi connectivity index (χ1) is 7.65. The Morgan fingerprint density at radius 3 is 2.50 bits per heavy atom. The molecule has 82 valence electrons. The van der Waals surface area contributed by atoms with Gasteiger partial charge < -0.3 is 10.3 Å². The van der Waals surface area contributed by atoms with Crippen LogP contribution in [0, 0.1) is 5.82 Å². The summed E-state index contributed by atoms with van der Waals surface area (Å²) in [6, 6.07) is 7.46. The van der Waals surface area contributed by atoms with Gasteiger partial charge in [-0.05, 0) is 12.1 Å². The van der Waals surface area contributed by atoms with E-state index in [9.17, 15) is 9.18 Å². The minimum Gasteiger partial charge on any atom is -0.399 e. The van der Waals surface area contributed by atoms with Gasteiger partial charge in [0.2, 0.25) is 0 Å². The zero-order chi connectivity index (χ0) is 11.5. The van der Waals surface area contributed by atoms with E-state index in [2.05, 4.69) is 0 Å². The van der Waals surface area contributed by atoms with Crippen molar-refractivity contribution in [2.45, 2.75) is 6.54 Å². The quantitative estimate of drug-likeness (QED) is 0.778. The van der Waals surface area contributed by atoms with E-state index in [0.717, 1.165) is 0 Å². The van der Waals surface area contributed by atoms with Gasteiger partial charge in [0.25, 0.3) is 0 Å². The molecule has 2 rings (SSSR count). The van der Waals surface area contributed by atoms with Crippen molar-refractivity contribution >= 4 is 5.69 Å². The van der Waals surface area contributed by atoms with Crippen LogP contribution in [-0.4, -0.2) is 4.57 Å². The highest BCUT2D eigenvalue weighted by molar-refractivity contribution is 5.40. The lowest BCUT2D eigenvalue weighted by Gasteiger charge is -2.07. The van der Waals surface area contributed by atoms with E-state index in [1.807, 2.05) is 0 Å². The molecule has 0 amide bonds. The molecule has 0 aliphatic rings. The van der Waals surface area contributed by atoms with Crippen LogP contribution in [0.5, 0.6) is 0 Å². The number of nitrogens with two attached hydrogens (primary N) is 1. The van der Waals surface area contributed by atoms with Crippen LogP contribution >= 0.6 is 0 Å². The monoisotopic (exact) mass is 218 g/mol. The van der Waals surface area contributed by atoms with Crippen LogP contribution in [0.15, 0.2) is 47.5 Å². The van der Waals surface area contributed by atoms with E-state index in [4.69, 9.17) is 5.73 Å². The predicted molar refractivity (Wildman–Crippen MR) is 60.6 cm³/mol. The Labute approximate surface area is 92.0 Å². The third-order valence-electron chi connectivity index (χ3n) is 2.29. The first-order valence-electron chi connectivity index (χ1n) is 4.85. The molecule has 1 aromatic heterocycles. The fraction of sp³-hybridized carbons (Fsp3) is 0.0833. The molecule has 2 N–H and O–H groups in total. The fourth-order valence-electron chi connectivity index (χ4n) is 1.44. The molecule has 4 heteroatoms. The van der Waals surface area contributed by atoms with Crippen molar-refractivity contribution in [2.75, 3.05) is 5.73 Å². The van der Waals surface area contributed by atoms with Gasteiger partial charge in [0, 0.05) is 42.3 Å². The van der Waals surface area contributed by atoms with Crippen molar-refractivity contribution in [2.24, 2.45) is 0 Å². The minimum atomic E-state index is -0.335. The average molecular weight is 218 g/mol. The maximum atomic E-state index is 13.5. The van der Waals surface area contributed by atoms with Crippen LogP contribution in [0.3, 0.4) is 0 Å². The molecule has 0 atom stereocenters. The third kappa shape index (κ3) is 2.28. The minimum absolute atomic E-state index is 0.0611. The topological polar surface area (TPSA) is 48.0 Å². The van der Waals surface area contributed by atoms with E-state index in [-0.39, 0.29) is 11.2 Å². The number of hydrogen-bond acceptors (Lipinski definition) is 2. The highest BCUT2D eigenvalue weighted by Gasteiger charge is 2.02. The number of aromatic nitrogens is 1. The molecule has 0 aliphatic heterocycles. The lowest BCUT2D eigenvalue weighted by atomic mass is 10.2. The lowest BCUT2D eigenvalue weighted by Crippen LogP contribution is -2.06. The van der Waals surface area contributed by atoms with Gasteiger partial charge in [-0.2, -0.15) is 0 Å². The Kier molecular flexibility index (Phi) is 2.72. The molecular weight excluding hydrogens is 207 g/mol. The average Bonchev–Trinajstić information content (AvgIpc) is 2.25. The Balaban J connectivity index is 2.27. The smallest absolute Gasteiger partial charge is 0.181 e. The Morgan fingerprint density at radius 1 is 1.19 bits per heavy atom. The Morgan fingerprint density at radius 2 is 1.88 bits per heavy atom. The van der Waals surface area contributed by atoms with Crippen molar-refractivity contribution in [1.82, 2.24) is 4.57 Å². The number of benzene rings is 1. The van der Waals surface area contributed by atoms with Crippen LogP contribution in [0.2, 0.25) is 0 Å². The van der Waals surface area contributed by atoms with Crippen molar-refractivity contribution < 1.29 is 4.39 Å². The van der Waals surface area contributed by atoms with E-state index in [1.165, 1.54) is 18.2 Å². The predicted octanol–water partition coefficient (Wildman–Crippen LogP) is 1.62. The molecule has 0 bridgehead atoms. The van der Waals surface area contributed by atoms with Gasteiger partial charge in [0.05, 0.1) is 0 Å². The molecule has 0 aliphatic carbocycles. The van der Waals surface area contributed by atoms with Crippen molar-refractivity contribution in [3.8, 4) is 0 Å². The summed E-state index contributed by atoms with van der Waals surface area (Å²) >= 11 is 0. The summed E-state index contributed by atoms with van der Waals surface area (Å²) in [5.41, 5.74) is 6.34. The fourth-order valence-corrected chi connectivity index (χ4v) is 1.44. The molecule has 0 spiro atoms. The van der Waals surface area contributed by atoms with Gasteiger partial charge >= 0.3 is 0 Å².